The highest BCUT2D eigenvalue weighted by atomic mass is 35.5. The third-order valence-electron chi connectivity index (χ3n) is 4.72. The normalized spacial score (nSPS) is 22.0. The van der Waals surface area contributed by atoms with Gasteiger partial charge in [0.25, 0.3) is 6.08 Å². The lowest BCUT2D eigenvalue weighted by Gasteiger charge is -2.16. The van der Waals surface area contributed by atoms with Crippen LogP contribution < -0.4 is 0 Å². The van der Waals surface area contributed by atoms with Crippen LogP contribution in [0.4, 0.5) is 8.78 Å². The fraction of sp³-hybridized carbons (Fsp3) is 0.471. The number of fused-ring (bicyclic) bond motifs is 1. The van der Waals surface area contributed by atoms with E-state index in [1.807, 2.05) is 18.3 Å². The van der Waals surface area contributed by atoms with Gasteiger partial charge < -0.3 is 4.40 Å². The molecular formula is C17H18ClF2N3. The summed E-state index contributed by atoms with van der Waals surface area (Å²) in [5.74, 6) is 0.498. The topological polar surface area (TPSA) is 20.5 Å². The molecule has 1 saturated heterocycles. The van der Waals surface area contributed by atoms with E-state index in [1.165, 1.54) is 12.8 Å². The van der Waals surface area contributed by atoms with Crippen molar-refractivity contribution < 1.29 is 8.78 Å². The van der Waals surface area contributed by atoms with E-state index in [1.54, 1.807) is 0 Å². The van der Waals surface area contributed by atoms with E-state index in [0.29, 0.717) is 17.5 Å². The van der Waals surface area contributed by atoms with Gasteiger partial charge in [-0.05, 0) is 49.9 Å². The molecule has 0 N–H and O–H groups in total. The third-order valence-corrected chi connectivity index (χ3v) is 4.94. The van der Waals surface area contributed by atoms with Crippen LogP contribution in [0.2, 0.25) is 5.02 Å². The van der Waals surface area contributed by atoms with Crippen LogP contribution in [0.15, 0.2) is 30.5 Å². The Morgan fingerprint density at radius 1 is 1.30 bits per heavy atom. The van der Waals surface area contributed by atoms with Crippen molar-refractivity contribution in [2.45, 2.75) is 31.7 Å². The highest BCUT2D eigenvalue weighted by molar-refractivity contribution is 6.30. The second kappa shape index (κ2) is 5.87. The third kappa shape index (κ3) is 3.12. The van der Waals surface area contributed by atoms with E-state index < -0.39 is 6.08 Å². The predicted molar refractivity (Wildman–Crippen MR) is 85.9 cm³/mol. The molecular weight excluding hydrogens is 320 g/mol. The quantitative estimate of drug-likeness (QED) is 0.820. The molecule has 0 amide bonds. The van der Waals surface area contributed by atoms with Crippen LogP contribution in [-0.2, 0) is 6.54 Å². The molecule has 1 atom stereocenters. The van der Waals surface area contributed by atoms with Gasteiger partial charge in [-0.25, -0.2) is 4.98 Å². The van der Waals surface area contributed by atoms with Gasteiger partial charge in [0.2, 0.25) is 0 Å². The number of hydrogen-bond donors (Lipinski definition) is 0. The molecule has 0 spiro atoms. The Balaban J connectivity index is 1.62. The van der Waals surface area contributed by atoms with Crippen LogP contribution in [-0.4, -0.2) is 27.4 Å². The minimum absolute atomic E-state index is 0.0489. The zero-order valence-corrected chi connectivity index (χ0v) is 13.4. The van der Waals surface area contributed by atoms with E-state index in [9.17, 15) is 8.78 Å². The van der Waals surface area contributed by atoms with Gasteiger partial charge in [0, 0.05) is 25.2 Å². The van der Waals surface area contributed by atoms with Gasteiger partial charge in [0.1, 0.15) is 5.65 Å². The number of nitrogens with zero attached hydrogens (tertiary/aromatic N) is 3. The summed E-state index contributed by atoms with van der Waals surface area (Å²) in [4.78, 5) is 7.01. The number of pyridine rings is 1. The van der Waals surface area contributed by atoms with Crippen molar-refractivity contribution in [3.63, 3.8) is 0 Å². The van der Waals surface area contributed by atoms with Crippen LogP contribution in [0.1, 0.15) is 36.6 Å². The SMILES string of the molecule is FC(F)=CC1CCN(Cc2c(C3CC3)nc3ccc(Cl)cn23)C1. The van der Waals surface area contributed by atoms with Crippen molar-refractivity contribution in [2.75, 3.05) is 13.1 Å². The van der Waals surface area contributed by atoms with Crippen molar-refractivity contribution in [3.05, 3.63) is 46.9 Å². The second-order valence-electron chi connectivity index (χ2n) is 6.53. The molecule has 23 heavy (non-hydrogen) atoms. The maximum atomic E-state index is 12.4. The van der Waals surface area contributed by atoms with Crippen LogP contribution in [0, 0.1) is 5.92 Å². The number of halogens is 3. The second-order valence-corrected chi connectivity index (χ2v) is 6.97. The van der Waals surface area contributed by atoms with Gasteiger partial charge in [-0.2, -0.15) is 8.78 Å². The van der Waals surface area contributed by atoms with Crippen molar-refractivity contribution in [2.24, 2.45) is 5.92 Å². The molecule has 0 aromatic carbocycles. The fourth-order valence-electron chi connectivity index (χ4n) is 3.46. The lowest BCUT2D eigenvalue weighted by atomic mass is 10.1. The van der Waals surface area contributed by atoms with E-state index in [-0.39, 0.29) is 5.92 Å². The molecule has 2 aromatic heterocycles. The summed E-state index contributed by atoms with van der Waals surface area (Å²) in [5, 5.41) is 0.681. The average Bonchev–Trinajstić information content (AvgIpc) is 3.16. The molecule has 2 aromatic rings. The molecule has 2 aliphatic rings. The summed E-state index contributed by atoms with van der Waals surface area (Å²) in [6.07, 6.45) is 4.57. The Labute approximate surface area is 138 Å². The lowest BCUT2D eigenvalue weighted by Crippen LogP contribution is -2.21. The molecule has 3 heterocycles. The van der Waals surface area contributed by atoms with Crippen molar-refractivity contribution >= 4 is 17.2 Å². The summed E-state index contributed by atoms with van der Waals surface area (Å²) in [5.41, 5.74) is 3.23. The summed E-state index contributed by atoms with van der Waals surface area (Å²) in [6, 6.07) is 3.79. The molecule has 6 heteroatoms. The lowest BCUT2D eigenvalue weighted by molar-refractivity contribution is 0.316. The summed E-state index contributed by atoms with van der Waals surface area (Å²) in [6.45, 7) is 2.26. The van der Waals surface area contributed by atoms with Crippen LogP contribution >= 0.6 is 11.6 Å². The Kier molecular flexibility index (Phi) is 3.85. The Hall–Kier alpha value is -1.46. The average molecular weight is 338 g/mol. The Morgan fingerprint density at radius 2 is 2.13 bits per heavy atom. The molecule has 1 aliphatic carbocycles. The zero-order valence-electron chi connectivity index (χ0n) is 12.7. The summed E-state index contributed by atoms with van der Waals surface area (Å²) >= 11 is 6.14. The van der Waals surface area contributed by atoms with E-state index in [0.717, 1.165) is 42.6 Å². The number of rotatable bonds is 4. The monoisotopic (exact) mass is 337 g/mol. The molecule has 1 aliphatic heterocycles. The van der Waals surface area contributed by atoms with Gasteiger partial charge in [0.05, 0.1) is 16.4 Å². The zero-order chi connectivity index (χ0) is 16.0. The summed E-state index contributed by atoms with van der Waals surface area (Å²) in [7, 11) is 0. The van der Waals surface area contributed by atoms with Gasteiger partial charge >= 0.3 is 0 Å². The molecule has 3 nitrogen and oxygen atoms in total. The Bertz CT molecular complexity index is 763. The molecule has 122 valence electrons. The minimum Gasteiger partial charge on any atom is -0.301 e. The molecule has 1 saturated carbocycles. The molecule has 0 bridgehead atoms. The van der Waals surface area contributed by atoms with Crippen molar-refractivity contribution in [1.29, 1.82) is 0 Å². The number of aromatic nitrogens is 2. The van der Waals surface area contributed by atoms with Crippen molar-refractivity contribution in [1.82, 2.24) is 14.3 Å². The van der Waals surface area contributed by atoms with Gasteiger partial charge in [-0.15, -0.1) is 0 Å². The van der Waals surface area contributed by atoms with E-state index >= 15 is 0 Å². The minimum atomic E-state index is -1.57. The fourth-order valence-corrected chi connectivity index (χ4v) is 3.62. The predicted octanol–water partition coefficient (Wildman–Crippen LogP) is 4.47. The van der Waals surface area contributed by atoms with E-state index in [2.05, 4.69) is 9.30 Å². The summed E-state index contributed by atoms with van der Waals surface area (Å²) < 4.78 is 26.9. The van der Waals surface area contributed by atoms with Crippen LogP contribution in [0.25, 0.3) is 5.65 Å². The molecule has 1 unspecified atom stereocenters. The molecule has 2 fully saturated rings. The van der Waals surface area contributed by atoms with E-state index in [4.69, 9.17) is 16.6 Å². The first kappa shape index (κ1) is 15.1. The first-order valence-corrected chi connectivity index (χ1v) is 8.39. The maximum Gasteiger partial charge on any atom is 0.266 e. The number of hydrogen-bond acceptors (Lipinski definition) is 2. The molecule has 0 radical (unpaired) electrons. The Morgan fingerprint density at radius 3 is 2.87 bits per heavy atom. The molecule has 4 rings (SSSR count). The van der Waals surface area contributed by atoms with Crippen LogP contribution in [0.3, 0.4) is 0 Å². The maximum absolute atomic E-state index is 12.4. The smallest absolute Gasteiger partial charge is 0.266 e. The highest BCUT2D eigenvalue weighted by Gasteiger charge is 2.31. The number of likely N-dealkylation sites (tertiary alicyclic amines) is 1. The first-order valence-electron chi connectivity index (χ1n) is 8.01. The largest absolute Gasteiger partial charge is 0.301 e. The number of imidazole rings is 1. The van der Waals surface area contributed by atoms with Gasteiger partial charge in [-0.3, -0.25) is 4.90 Å². The standard InChI is InChI=1S/C17H18ClF2N3/c18-13-3-4-16-21-17(12-1-2-12)14(23(16)9-13)10-22-6-5-11(8-22)7-15(19)20/h3-4,7,9,11-12H,1-2,5-6,8,10H2. The first-order chi connectivity index (χ1) is 11.1. The highest BCUT2D eigenvalue weighted by Crippen LogP contribution is 2.42. The van der Waals surface area contributed by atoms with Crippen LogP contribution in [0.5, 0.6) is 0 Å². The van der Waals surface area contributed by atoms with Gasteiger partial charge in [-0.1, -0.05) is 11.6 Å². The van der Waals surface area contributed by atoms with Crippen molar-refractivity contribution in [3.8, 4) is 0 Å². The van der Waals surface area contributed by atoms with Gasteiger partial charge in [0.15, 0.2) is 0 Å².